The van der Waals surface area contributed by atoms with Gasteiger partial charge in [0.25, 0.3) is 0 Å². The van der Waals surface area contributed by atoms with Crippen molar-refractivity contribution in [2.75, 3.05) is 13.2 Å². The van der Waals surface area contributed by atoms with Crippen LogP contribution in [0.2, 0.25) is 0 Å². The van der Waals surface area contributed by atoms with E-state index < -0.39 is 12.1 Å². The number of carbonyl (C=O) groups is 2. The zero-order valence-electron chi connectivity index (χ0n) is 46.6. The van der Waals surface area contributed by atoms with E-state index in [-0.39, 0.29) is 18.5 Å². The molecule has 0 fully saturated rings. The van der Waals surface area contributed by atoms with E-state index in [9.17, 15) is 19.8 Å². The van der Waals surface area contributed by atoms with Gasteiger partial charge in [0.1, 0.15) is 0 Å². The molecule has 0 saturated carbocycles. The molecular weight excluding hydrogens is 851 g/mol. The Bertz CT molecular complexity index is 1080. The number of hydrogen-bond acceptors (Lipinski definition) is 5. The molecule has 0 bridgehead atoms. The van der Waals surface area contributed by atoms with Crippen molar-refractivity contribution in [2.24, 2.45) is 0 Å². The van der Waals surface area contributed by atoms with Gasteiger partial charge in [-0.25, -0.2) is 0 Å². The second-order valence-electron chi connectivity index (χ2n) is 21.4. The Balaban J connectivity index is 3.42. The van der Waals surface area contributed by atoms with Crippen molar-refractivity contribution >= 4 is 11.9 Å². The number of carbonyl (C=O) groups excluding carboxylic acids is 2. The molecule has 0 heterocycles. The molecule has 2 unspecified atom stereocenters. The summed E-state index contributed by atoms with van der Waals surface area (Å²) in [5.41, 5.74) is 0. The SMILES string of the molecule is CCCCC/C=C\CCCCCCCC(=O)OCCCCCCCCCCCCCC/C=C\CCCCCCCCCC(=O)NC(CO)C(O)CCCCCCCCCCCCCCCCCCC. The second kappa shape index (κ2) is 58.9. The van der Waals surface area contributed by atoms with E-state index in [1.807, 2.05) is 0 Å². The van der Waals surface area contributed by atoms with Crippen molar-refractivity contribution in [3.63, 3.8) is 0 Å². The number of aliphatic hydroxyl groups is 2. The van der Waals surface area contributed by atoms with Gasteiger partial charge >= 0.3 is 5.97 Å². The van der Waals surface area contributed by atoms with E-state index in [2.05, 4.69) is 43.5 Å². The lowest BCUT2D eigenvalue weighted by atomic mass is 10.0. The van der Waals surface area contributed by atoms with Gasteiger partial charge in [-0.15, -0.1) is 0 Å². The summed E-state index contributed by atoms with van der Waals surface area (Å²) in [5, 5.41) is 23.3. The maximum Gasteiger partial charge on any atom is 0.305 e. The van der Waals surface area contributed by atoms with Crippen molar-refractivity contribution in [1.29, 1.82) is 0 Å². The highest BCUT2D eigenvalue weighted by atomic mass is 16.5. The standard InChI is InChI=1S/C63H121NO5/c1-3-5-7-9-11-13-15-17-18-26-29-32-35-39-43-47-51-55-61(66)60(59-65)64-62(67)56-52-48-44-40-36-33-30-27-24-22-20-19-21-23-25-28-31-34-38-42-46-50-54-58-69-63(68)57-53-49-45-41-37-16-14-12-10-8-6-4-2/h12,14,22,24,60-61,65-66H,3-11,13,15-21,23,25-59H2,1-2H3,(H,64,67)/b14-12-,24-22-. The van der Waals surface area contributed by atoms with Gasteiger partial charge in [0.15, 0.2) is 0 Å². The zero-order chi connectivity index (χ0) is 50.0. The van der Waals surface area contributed by atoms with E-state index in [0.717, 1.165) is 44.9 Å². The molecule has 0 radical (unpaired) electrons. The van der Waals surface area contributed by atoms with Crippen molar-refractivity contribution in [3.05, 3.63) is 24.3 Å². The molecule has 0 aromatic rings. The van der Waals surface area contributed by atoms with E-state index in [4.69, 9.17) is 4.74 Å². The van der Waals surface area contributed by atoms with Crippen LogP contribution in [0.3, 0.4) is 0 Å². The van der Waals surface area contributed by atoms with Gasteiger partial charge in [-0.3, -0.25) is 9.59 Å². The van der Waals surface area contributed by atoms with Crippen molar-refractivity contribution in [2.45, 2.75) is 353 Å². The Kier molecular flexibility index (Phi) is 57.5. The summed E-state index contributed by atoms with van der Waals surface area (Å²) in [6.45, 7) is 4.94. The van der Waals surface area contributed by atoms with Crippen LogP contribution in [0.15, 0.2) is 24.3 Å². The lowest BCUT2D eigenvalue weighted by Gasteiger charge is -2.22. The van der Waals surface area contributed by atoms with E-state index >= 15 is 0 Å². The molecule has 0 aliphatic heterocycles. The number of rotatable bonds is 58. The minimum Gasteiger partial charge on any atom is -0.466 e. The van der Waals surface area contributed by atoms with E-state index in [1.165, 1.54) is 263 Å². The van der Waals surface area contributed by atoms with Crippen LogP contribution in [0.25, 0.3) is 0 Å². The highest BCUT2D eigenvalue weighted by Gasteiger charge is 2.20. The zero-order valence-corrected chi connectivity index (χ0v) is 46.6. The molecule has 0 rings (SSSR count). The van der Waals surface area contributed by atoms with Crippen LogP contribution in [0, 0.1) is 0 Å². The summed E-state index contributed by atoms with van der Waals surface area (Å²) < 4.78 is 5.46. The van der Waals surface area contributed by atoms with E-state index in [1.54, 1.807) is 0 Å². The molecule has 6 heteroatoms. The summed E-state index contributed by atoms with van der Waals surface area (Å²) in [4.78, 5) is 24.5. The number of unbranched alkanes of at least 4 members (excludes halogenated alkanes) is 43. The smallest absolute Gasteiger partial charge is 0.305 e. The van der Waals surface area contributed by atoms with E-state index in [0.29, 0.717) is 25.9 Å². The molecule has 408 valence electrons. The van der Waals surface area contributed by atoms with Gasteiger partial charge < -0.3 is 20.3 Å². The van der Waals surface area contributed by atoms with Crippen LogP contribution >= 0.6 is 0 Å². The minimum absolute atomic E-state index is 0.00172. The fourth-order valence-electron chi connectivity index (χ4n) is 9.69. The fraction of sp³-hybridized carbons (Fsp3) is 0.905. The molecule has 0 spiro atoms. The first kappa shape index (κ1) is 67.3. The molecule has 0 aliphatic rings. The first-order valence-electron chi connectivity index (χ1n) is 31.1. The molecule has 2 atom stereocenters. The maximum atomic E-state index is 12.5. The van der Waals surface area contributed by atoms with Gasteiger partial charge in [0, 0.05) is 12.8 Å². The number of aliphatic hydroxyl groups excluding tert-OH is 2. The molecule has 0 aliphatic carbocycles. The average Bonchev–Trinajstić information content (AvgIpc) is 3.35. The molecule has 69 heavy (non-hydrogen) atoms. The summed E-state index contributed by atoms with van der Waals surface area (Å²) in [7, 11) is 0. The van der Waals surface area contributed by atoms with Crippen LogP contribution in [0.1, 0.15) is 341 Å². The van der Waals surface area contributed by atoms with Gasteiger partial charge in [-0.05, 0) is 77.0 Å². The van der Waals surface area contributed by atoms with Crippen LogP contribution in [0.5, 0.6) is 0 Å². The molecule has 1 amide bonds. The predicted octanol–water partition coefficient (Wildman–Crippen LogP) is 19.4. The third kappa shape index (κ3) is 55.5. The minimum atomic E-state index is -0.668. The van der Waals surface area contributed by atoms with Crippen molar-refractivity contribution in [3.8, 4) is 0 Å². The quantitative estimate of drug-likeness (QED) is 0.0321. The lowest BCUT2D eigenvalue weighted by Crippen LogP contribution is -2.45. The number of hydrogen-bond donors (Lipinski definition) is 3. The fourth-order valence-corrected chi connectivity index (χ4v) is 9.69. The number of esters is 1. The maximum absolute atomic E-state index is 12.5. The topological polar surface area (TPSA) is 95.9 Å². The van der Waals surface area contributed by atoms with Crippen LogP contribution in [-0.2, 0) is 14.3 Å². The van der Waals surface area contributed by atoms with Crippen molar-refractivity contribution in [1.82, 2.24) is 5.32 Å². The molecule has 0 aromatic carbocycles. The number of ether oxygens (including phenoxy) is 1. The first-order valence-corrected chi connectivity index (χ1v) is 31.1. The average molecular weight is 973 g/mol. The predicted molar refractivity (Wildman–Crippen MR) is 301 cm³/mol. The third-order valence-corrected chi connectivity index (χ3v) is 14.5. The van der Waals surface area contributed by atoms with Gasteiger partial charge in [0.05, 0.1) is 25.4 Å². The normalized spacial score (nSPS) is 12.7. The van der Waals surface area contributed by atoms with Crippen LogP contribution in [0.4, 0.5) is 0 Å². The summed E-state index contributed by atoms with van der Waals surface area (Å²) in [6.07, 6.45) is 71.9. The highest BCUT2D eigenvalue weighted by Crippen LogP contribution is 2.18. The Hall–Kier alpha value is -1.66. The lowest BCUT2D eigenvalue weighted by molar-refractivity contribution is -0.143. The van der Waals surface area contributed by atoms with Gasteiger partial charge in [-0.2, -0.15) is 0 Å². The second-order valence-corrected chi connectivity index (χ2v) is 21.4. The first-order chi connectivity index (χ1) is 34.0. The van der Waals surface area contributed by atoms with Crippen LogP contribution < -0.4 is 5.32 Å². The van der Waals surface area contributed by atoms with Crippen LogP contribution in [-0.4, -0.2) is 47.4 Å². The number of nitrogens with one attached hydrogen (secondary N) is 1. The van der Waals surface area contributed by atoms with Gasteiger partial charge in [0.2, 0.25) is 5.91 Å². The Morgan fingerprint density at radius 3 is 1.06 bits per heavy atom. The monoisotopic (exact) mass is 972 g/mol. The Labute approximate surface area is 431 Å². The molecule has 0 aromatic heterocycles. The molecule has 6 nitrogen and oxygen atoms in total. The number of amides is 1. The molecule has 3 N–H and O–H groups in total. The largest absolute Gasteiger partial charge is 0.466 e. The van der Waals surface area contributed by atoms with Gasteiger partial charge in [-0.1, -0.05) is 276 Å². The summed E-state index contributed by atoms with van der Waals surface area (Å²) in [6, 6.07) is -0.546. The third-order valence-electron chi connectivity index (χ3n) is 14.5. The summed E-state index contributed by atoms with van der Waals surface area (Å²) >= 11 is 0. The summed E-state index contributed by atoms with van der Waals surface area (Å²) in [5.74, 6) is -0.0372. The molecular formula is C63H121NO5. The van der Waals surface area contributed by atoms with Crippen molar-refractivity contribution < 1.29 is 24.5 Å². The Morgan fingerprint density at radius 2 is 0.681 bits per heavy atom. The highest BCUT2D eigenvalue weighted by molar-refractivity contribution is 5.76. The Morgan fingerprint density at radius 1 is 0.391 bits per heavy atom. The molecule has 0 saturated heterocycles. The number of allylic oxidation sites excluding steroid dienone is 4.